The summed E-state index contributed by atoms with van der Waals surface area (Å²) in [6.45, 7) is 1.95. The Morgan fingerprint density at radius 2 is 1.82 bits per heavy atom. The van der Waals surface area contributed by atoms with Crippen molar-refractivity contribution < 1.29 is 8.42 Å². The van der Waals surface area contributed by atoms with E-state index in [9.17, 15) is 8.42 Å². The van der Waals surface area contributed by atoms with Gasteiger partial charge in [-0.3, -0.25) is 0 Å². The quantitative estimate of drug-likeness (QED) is 0.834. The van der Waals surface area contributed by atoms with Crippen LogP contribution in [-0.4, -0.2) is 19.9 Å². The molecule has 5 heteroatoms. The van der Waals surface area contributed by atoms with Crippen molar-refractivity contribution in [3.63, 3.8) is 0 Å². The molecule has 0 saturated carbocycles. The third-order valence-electron chi connectivity index (χ3n) is 2.43. The average molecular weight is 286 g/mol. The Kier molecular flexibility index (Phi) is 4.22. The molecule has 0 aromatic heterocycles. The molecule has 0 fully saturated rings. The van der Waals surface area contributed by atoms with Gasteiger partial charge in [0.05, 0.1) is 4.90 Å². The zero-order valence-electron chi connectivity index (χ0n) is 9.55. The summed E-state index contributed by atoms with van der Waals surface area (Å²) >= 11 is 3.03. The fraction of sp³-hybridized carbons (Fsp3) is 0.333. The van der Waals surface area contributed by atoms with Gasteiger partial charge in [-0.15, -0.1) is 23.5 Å². The van der Waals surface area contributed by atoms with Gasteiger partial charge in [0.2, 0.25) is 9.84 Å². The largest absolute Gasteiger partial charge is 0.218 e. The molecule has 0 unspecified atom stereocenters. The molecule has 1 aliphatic heterocycles. The van der Waals surface area contributed by atoms with Crippen LogP contribution in [0, 0.1) is 6.92 Å². The lowest BCUT2D eigenvalue weighted by molar-refractivity contribution is 0.604. The maximum absolute atomic E-state index is 12.3. The first-order valence-corrected chi connectivity index (χ1v) is 8.89. The summed E-state index contributed by atoms with van der Waals surface area (Å²) < 4.78 is 25.2. The normalized spacial score (nSPS) is 17.4. The fourth-order valence-corrected chi connectivity index (χ4v) is 5.76. The van der Waals surface area contributed by atoms with Gasteiger partial charge < -0.3 is 0 Å². The molecule has 1 heterocycles. The van der Waals surface area contributed by atoms with E-state index in [-0.39, 0.29) is 0 Å². The first-order chi connectivity index (χ1) is 8.10. The second-order valence-electron chi connectivity index (χ2n) is 3.83. The lowest BCUT2D eigenvalue weighted by atomic mass is 10.2. The number of aryl methyl sites for hydroxylation is 1. The van der Waals surface area contributed by atoms with Crippen molar-refractivity contribution in [3.8, 4) is 0 Å². The zero-order chi connectivity index (χ0) is 12.3. The van der Waals surface area contributed by atoms with E-state index >= 15 is 0 Å². The highest BCUT2D eigenvalue weighted by molar-refractivity contribution is 8.20. The first-order valence-electron chi connectivity index (χ1n) is 5.37. The van der Waals surface area contributed by atoms with Crippen molar-refractivity contribution in [2.45, 2.75) is 18.2 Å². The second-order valence-corrected chi connectivity index (χ2v) is 8.12. The van der Waals surface area contributed by atoms with Crippen LogP contribution in [0.4, 0.5) is 0 Å². The molecule has 0 spiro atoms. The lowest BCUT2D eigenvalue weighted by Gasteiger charge is -2.07. The van der Waals surface area contributed by atoms with Gasteiger partial charge in [0, 0.05) is 0 Å². The molecule has 1 aliphatic rings. The number of benzene rings is 1. The molecule has 0 radical (unpaired) electrons. The van der Waals surface area contributed by atoms with Crippen LogP contribution in [0.3, 0.4) is 0 Å². The van der Waals surface area contributed by atoms with E-state index in [0.717, 1.165) is 23.5 Å². The lowest BCUT2D eigenvalue weighted by Crippen LogP contribution is -2.02. The highest BCUT2D eigenvalue weighted by Gasteiger charge is 2.22. The van der Waals surface area contributed by atoms with Gasteiger partial charge in [-0.1, -0.05) is 17.7 Å². The molecule has 2 rings (SSSR count). The molecule has 0 aliphatic carbocycles. The van der Waals surface area contributed by atoms with E-state index in [0.29, 0.717) is 9.13 Å². The average Bonchev–Trinajstić information content (AvgIpc) is 2.58. The summed E-state index contributed by atoms with van der Waals surface area (Å²) in [5, 5.41) is 1.78. The number of rotatable bonds is 2. The molecule has 0 amide bonds. The number of sulfone groups is 1. The van der Waals surface area contributed by atoms with Crippen molar-refractivity contribution in [1.82, 2.24) is 0 Å². The van der Waals surface area contributed by atoms with Gasteiger partial charge in [-0.25, -0.2) is 8.42 Å². The summed E-state index contributed by atoms with van der Waals surface area (Å²) in [4.78, 5) is 0.393. The smallest absolute Gasteiger partial charge is 0.213 e. The van der Waals surface area contributed by atoms with Crippen LogP contribution in [-0.2, 0) is 9.84 Å². The van der Waals surface area contributed by atoms with Crippen LogP contribution in [0.2, 0.25) is 0 Å². The summed E-state index contributed by atoms with van der Waals surface area (Å²) in [6.07, 6.45) is 1.05. The Morgan fingerprint density at radius 3 is 2.53 bits per heavy atom. The van der Waals surface area contributed by atoms with Crippen molar-refractivity contribution in [2.75, 3.05) is 11.5 Å². The molecule has 0 N–H and O–H groups in total. The van der Waals surface area contributed by atoms with Gasteiger partial charge >= 0.3 is 0 Å². The van der Waals surface area contributed by atoms with Crippen molar-refractivity contribution in [1.29, 1.82) is 0 Å². The Balaban J connectivity index is 2.35. The van der Waals surface area contributed by atoms with Gasteiger partial charge in [-0.2, -0.15) is 0 Å². The minimum atomic E-state index is -3.30. The molecule has 0 saturated heterocycles. The standard InChI is InChI=1S/C12H14O2S3/c1-10-3-5-11(6-4-10)17(13,14)12-9-15-7-2-8-16-12/h3-6,9H,2,7-8H2,1H3. The molecule has 0 bridgehead atoms. The van der Waals surface area contributed by atoms with E-state index in [4.69, 9.17) is 0 Å². The summed E-state index contributed by atoms with van der Waals surface area (Å²) in [5.41, 5.74) is 1.07. The Morgan fingerprint density at radius 1 is 1.12 bits per heavy atom. The van der Waals surface area contributed by atoms with Gasteiger partial charge in [0.25, 0.3) is 0 Å². The Bertz CT molecular complexity index is 515. The first kappa shape index (κ1) is 13.1. The third-order valence-corrected chi connectivity index (χ3v) is 7.10. The SMILES string of the molecule is Cc1ccc(S(=O)(=O)C2=CSCCCS2)cc1. The molecular weight excluding hydrogens is 272 g/mol. The van der Waals surface area contributed by atoms with Crippen LogP contribution in [0.5, 0.6) is 0 Å². The molecule has 1 aromatic carbocycles. The predicted octanol–water partition coefficient (Wildman–Crippen LogP) is 3.44. The van der Waals surface area contributed by atoms with Crippen LogP contribution >= 0.6 is 23.5 Å². The maximum Gasteiger partial charge on any atom is 0.213 e. The van der Waals surface area contributed by atoms with Crippen LogP contribution in [0.15, 0.2) is 38.8 Å². The van der Waals surface area contributed by atoms with E-state index < -0.39 is 9.84 Å². The van der Waals surface area contributed by atoms with Crippen molar-refractivity contribution >= 4 is 33.4 Å². The molecule has 2 nitrogen and oxygen atoms in total. The highest BCUT2D eigenvalue weighted by atomic mass is 32.3. The summed E-state index contributed by atoms with van der Waals surface area (Å²) in [5.74, 6) is 1.88. The molecule has 17 heavy (non-hydrogen) atoms. The van der Waals surface area contributed by atoms with Gasteiger partial charge in [-0.05, 0) is 42.4 Å². The van der Waals surface area contributed by atoms with E-state index in [1.54, 1.807) is 29.3 Å². The summed E-state index contributed by atoms with van der Waals surface area (Å²) in [6, 6.07) is 7.03. The molecule has 1 aromatic rings. The van der Waals surface area contributed by atoms with Crippen LogP contribution < -0.4 is 0 Å². The van der Waals surface area contributed by atoms with E-state index in [1.165, 1.54) is 11.8 Å². The van der Waals surface area contributed by atoms with Crippen LogP contribution in [0.25, 0.3) is 0 Å². The Hall–Kier alpha value is -0.390. The molecule has 0 atom stereocenters. The molecular formula is C12H14O2S3. The van der Waals surface area contributed by atoms with E-state index in [1.807, 2.05) is 19.1 Å². The minimum absolute atomic E-state index is 0.393. The Labute approximate surface area is 111 Å². The highest BCUT2D eigenvalue weighted by Crippen LogP contribution is 2.33. The van der Waals surface area contributed by atoms with Crippen molar-refractivity contribution in [2.24, 2.45) is 0 Å². The zero-order valence-corrected chi connectivity index (χ0v) is 12.0. The third kappa shape index (κ3) is 3.09. The van der Waals surface area contributed by atoms with Crippen molar-refractivity contribution in [3.05, 3.63) is 39.5 Å². The monoisotopic (exact) mass is 286 g/mol. The van der Waals surface area contributed by atoms with Crippen LogP contribution in [0.1, 0.15) is 12.0 Å². The van der Waals surface area contributed by atoms with Gasteiger partial charge in [0.15, 0.2) is 0 Å². The number of thioether (sulfide) groups is 2. The topological polar surface area (TPSA) is 34.1 Å². The van der Waals surface area contributed by atoms with Gasteiger partial charge in [0.1, 0.15) is 4.24 Å². The summed E-state index contributed by atoms with van der Waals surface area (Å²) in [7, 11) is -3.30. The minimum Gasteiger partial charge on any atom is -0.218 e. The molecule has 92 valence electrons. The number of hydrogen-bond donors (Lipinski definition) is 0. The predicted molar refractivity (Wildman–Crippen MR) is 76.0 cm³/mol. The number of hydrogen-bond acceptors (Lipinski definition) is 4. The maximum atomic E-state index is 12.3. The van der Waals surface area contributed by atoms with E-state index in [2.05, 4.69) is 0 Å². The fourth-order valence-electron chi connectivity index (χ4n) is 1.45. The second kappa shape index (κ2) is 5.50.